The lowest BCUT2D eigenvalue weighted by Gasteiger charge is -2.05. The van der Waals surface area contributed by atoms with E-state index in [0.29, 0.717) is 19.8 Å². The van der Waals surface area contributed by atoms with E-state index in [2.05, 4.69) is 35.0 Å². The molecule has 0 fully saturated rings. The van der Waals surface area contributed by atoms with Crippen molar-refractivity contribution in [3.63, 3.8) is 0 Å². The molecule has 90 valence electrons. The monoisotopic (exact) mass is 286 g/mol. The Kier molecular flexibility index (Phi) is 7.47. The predicted molar refractivity (Wildman–Crippen MR) is 69.5 cm³/mol. The minimum Gasteiger partial charge on any atom is -0.379 e. The van der Waals surface area contributed by atoms with Gasteiger partial charge in [0.1, 0.15) is 0 Å². The number of hydrogen-bond acceptors (Lipinski definition) is 2. The topological polar surface area (TPSA) is 18.5 Å². The van der Waals surface area contributed by atoms with Crippen LogP contribution < -0.4 is 0 Å². The SMILES string of the molecule is CCCCOCCOCc1ccc(Br)cc1. The summed E-state index contributed by atoms with van der Waals surface area (Å²) in [4.78, 5) is 0. The van der Waals surface area contributed by atoms with Crippen LogP contribution in [0.2, 0.25) is 0 Å². The zero-order valence-corrected chi connectivity index (χ0v) is 11.3. The second-order valence-electron chi connectivity index (χ2n) is 3.64. The van der Waals surface area contributed by atoms with Crippen LogP contribution in [0.25, 0.3) is 0 Å². The quantitative estimate of drug-likeness (QED) is 0.677. The van der Waals surface area contributed by atoms with Gasteiger partial charge in [-0.1, -0.05) is 41.4 Å². The Bertz CT molecular complexity index is 272. The van der Waals surface area contributed by atoms with Gasteiger partial charge in [-0.15, -0.1) is 0 Å². The van der Waals surface area contributed by atoms with Crippen molar-refractivity contribution in [3.05, 3.63) is 34.3 Å². The molecule has 0 spiro atoms. The zero-order valence-electron chi connectivity index (χ0n) is 9.75. The van der Waals surface area contributed by atoms with Crippen molar-refractivity contribution in [2.45, 2.75) is 26.4 Å². The summed E-state index contributed by atoms with van der Waals surface area (Å²) in [5, 5.41) is 0. The van der Waals surface area contributed by atoms with Crippen molar-refractivity contribution in [2.24, 2.45) is 0 Å². The Hall–Kier alpha value is -0.380. The Labute approximate surface area is 106 Å². The number of hydrogen-bond donors (Lipinski definition) is 0. The largest absolute Gasteiger partial charge is 0.379 e. The smallest absolute Gasteiger partial charge is 0.0718 e. The van der Waals surface area contributed by atoms with Gasteiger partial charge in [-0.05, 0) is 24.1 Å². The highest BCUT2D eigenvalue weighted by molar-refractivity contribution is 9.10. The zero-order chi connectivity index (χ0) is 11.6. The molecule has 0 N–H and O–H groups in total. The number of ether oxygens (including phenoxy) is 2. The lowest BCUT2D eigenvalue weighted by atomic mass is 10.2. The average molecular weight is 287 g/mol. The Morgan fingerprint density at radius 3 is 2.38 bits per heavy atom. The van der Waals surface area contributed by atoms with Crippen LogP contribution >= 0.6 is 15.9 Å². The molecule has 1 aromatic carbocycles. The first-order chi connectivity index (χ1) is 7.83. The molecule has 0 atom stereocenters. The molecule has 0 unspecified atom stereocenters. The summed E-state index contributed by atoms with van der Waals surface area (Å²) in [5.74, 6) is 0. The fourth-order valence-electron chi connectivity index (χ4n) is 1.24. The lowest BCUT2D eigenvalue weighted by Crippen LogP contribution is -2.05. The van der Waals surface area contributed by atoms with Crippen molar-refractivity contribution in [3.8, 4) is 0 Å². The van der Waals surface area contributed by atoms with Gasteiger partial charge in [0.05, 0.1) is 19.8 Å². The predicted octanol–water partition coefficient (Wildman–Crippen LogP) is 3.78. The Morgan fingerprint density at radius 2 is 1.69 bits per heavy atom. The first kappa shape index (κ1) is 13.7. The maximum Gasteiger partial charge on any atom is 0.0718 e. The van der Waals surface area contributed by atoms with Crippen LogP contribution in [0.5, 0.6) is 0 Å². The molecule has 2 nitrogen and oxygen atoms in total. The van der Waals surface area contributed by atoms with Gasteiger partial charge in [-0.25, -0.2) is 0 Å². The molecule has 0 aliphatic carbocycles. The molecule has 1 rings (SSSR count). The third kappa shape index (κ3) is 6.26. The molecule has 16 heavy (non-hydrogen) atoms. The fourth-order valence-corrected chi connectivity index (χ4v) is 1.50. The van der Waals surface area contributed by atoms with Crippen LogP contribution in [0, 0.1) is 0 Å². The molecular weight excluding hydrogens is 268 g/mol. The minimum atomic E-state index is 0.657. The highest BCUT2D eigenvalue weighted by Crippen LogP contribution is 2.10. The molecule has 0 bridgehead atoms. The van der Waals surface area contributed by atoms with Crippen molar-refractivity contribution in [1.29, 1.82) is 0 Å². The third-order valence-electron chi connectivity index (χ3n) is 2.20. The molecule has 0 amide bonds. The summed E-state index contributed by atoms with van der Waals surface area (Å²) >= 11 is 3.40. The van der Waals surface area contributed by atoms with Crippen LogP contribution in [0.4, 0.5) is 0 Å². The van der Waals surface area contributed by atoms with E-state index in [9.17, 15) is 0 Å². The standard InChI is InChI=1S/C13H19BrO2/c1-2-3-8-15-9-10-16-11-12-4-6-13(14)7-5-12/h4-7H,2-3,8-11H2,1H3. The van der Waals surface area contributed by atoms with Crippen molar-refractivity contribution in [1.82, 2.24) is 0 Å². The second kappa shape index (κ2) is 8.74. The normalized spacial score (nSPS) is 10.6. The van der Waals surface area contributed by atoms with Crippen LogP contribution in [0.1, 0.15) is 25.3 Å². The van der Waals surface area contributed by atoms with Crippen molar-refractivity contribution in [2.75, 3.05) is 19.8 Å². The fraction of sp³-hybridized carbons (Fsp3) is 0.538. The van der Waals surface area contributed by atoms with Gasteiger partial charge in [0, 0.05) is 11.1 Å². The van der Waals surface area contributed by atoms with Crippen molar-refractivity contribution >= 4 is 15.9 Å². The average Bonchev–Trinajstić information content (AvgIpc) is 2.30. The highest BCUT2D eigenvalue weighted by Gasteiger charge is 1.93. The van der Waals surface area contributed by atoms with E-state index in [4.69, 9.17) is 9.47 Å². The van der Waals surface area contributed by atoms with E-state index in [-0.39, 0.29) is 0 Å². The van der Waals surface area contributed by atoms with Crippen LogP contribution in [0.15, 0.2) is 28.7 Å². The number of halogens is 1. The molecule has 0 aliphatic heterocycles. The van der Waals surface area contributed by atoms with Gasteiger partial charge < -0.3 is 9.47 Å². The molecule has 0 aliphatic rings. The Morgan fingerprint density at radius 1 is 1.00 bits per heavy atom. The summed E-state index contributed by atoms with van der Waals surface area (Å²) < 4.78 is 12.0. The van der Waals surface area contributed by atoms with E-state index in [1.54, 1.807) is 0 Å². The van der Waals surface area contributed by atoms with E-state index in [0.717, 1.165) is 17.5 Å². The first-order valence-corrected chi connectivity index (χ1v) is 6.52. The first-order valence-electron chi connectivity index (χ1n) is 5.73. The van der Waals surface area contributed by atoms with Gasteiger partial charge in [-0.3, -0.25) is 0 Å². The summed E-state index contributed by atoms with van der Waals surface area (Å²) in [6, 6.07) is 8.16. The number of benzene rings is 1. The molecule has 0 heterocycles. The molecule has 1 aromatic rings. The minimum absolute atomic E-state index is 0.657. The van der Waals surface area contributed by atoms with Crippen LogP contribution in [-0.2, 0) is 16.1 Å². The molecule has 3 heteroatoms. The molecule has 0 radical (unpaired) electrons. The summed E-state index contributed by atoms with van der Waals surface area (Å²) in [7, 11) is 0. The van der Waals surface area contributed by atoms with E-state index >= 15 is 0 Å². The highest BCUT2D eigenvalue weighted by atomic mass is 79.9. The lowest BCUT2D eigenvalue weighted by molar-refractivity contribution is 0.0397. The van der Waals surface area contributed by atoms with E-state index < -0.39 is 0 Å². The Balaban J connectivity index is 2.01. The van der Waals surface area contributed by atoms with Crippen LogP contribution in [0.3, 0.4) is 0 Å². The number of unbranched alkanes of at least 4 members (excludes halogenated alkanes) is 1. The van der Waals surface area contributed by atoms with Gasteiger partial charge in [0.25, 0.3) is 0 Å². The number of rotatable bonds is 8. The second-order valence-corrected chi connectivity index (χ2v) is 4.56. The molecular formula is C13H19BrO2. The third-order valence-corrected chi connectivity index (χ3v) is 2.72. The van der Waals surface area contributed by atoms with Crippen LogP contribution in [-0.4, -0.2) is 19.8 Å². The van der Waals surface area contributed by atoms with Gasteiger partial charge in [0.15, 0.2) is 0 Å². The van der Waals surface area contributed by atoms with Crippen molar-refractivity contribution < 1.29 is 9.47 Å². The maximum absolute atomic E-state index is 5.50. The summed E-state index contributed by atoms with van der Waals surface area (Å²) in [6.45, 7) is 5.02. The maximum atomic E-state index is 5.50. The summed E-state index contributed by atoms with van der Waals surface area (Å²) in [5.41, 5.74) is 1.19. The molecule has 0 saturated carbocycles. The van der Waals surface area contributed by atoms with Gasteiger partial charge in [0.2, 0.25) is 0 Å². The molecule has 0 saturated heterocycles. The van der Waals surface area contributed by atoms with E-state index in [1.165, 1.54) is 12.0 Å². The van der Waals surface area contributed by atoms with E-state index in [1.807, 2.05) is 12.1 Å². The van der Waals surface area contributed by atoms with Gasteiger partial charge in [-0.2, -0.15) is 0 Å². The summed E-state index contributed by atoms with van der Waals surface area (Å²) in [6.07, 6.45) is 2.31. The van der Waals surface area contributed by atoms with Gasteiger partial charge >= 0.3 is 0 Å². The molecule has 0 aromatic heterocycles.